The first-order chi connectivity index (χ1) is 16.0. The van der Waals surface area contributed by atoms with E-state index in [2.05, 4.69) is 40.9 Å². The van der Waals surface area contributed by atoms with Gasteiger partial charge in [0.1, 0.15) is 0 Å². The highest BCUT2D eigenvalue weighted by atomic mass is 16.5. The first-order valence-electron chi connectivity index (χ1n) is 13.3. The molecule has 2 aliphatic carbocycles. The quantitative estimate of drug-likeness (QED) is 0.233. The van der Waals surface area contributed by atoms with Gasteiger partial charge in [-0.05, 0) is 84.4 Å². The zero-order valence-electron chi connectivity index (χ0n) is 21.9. The number of aliphatic hydroxyl groups is 1. The molecule has 2 aliphatic rings. The molecular formula is C26H51N5O2. The summed E-state index contributed by atoms with van der Waals surface area (Å²) in [5.74, 6) is 0.198. The Labute approximate surface area is 202 Å². The van der Waals surface area contributed by atoms with Crippen LogP contribution in [0, 0.1) is 5.92 Å². The molecule has 0 aliphatic heterocycles. The number of nitrogens with zero attached hydrogens (tertiary/aromatic N) is 2. The first kappa shape index (κ1) is 28.4. The second-order valence-corrected chi connectivity index (χ2v) is 9.92. The van der Waals surface area contributed by atoms with Crippen LogP contribution in [0.4, 0.5) is 0 Å². The zero-order chi connectivity index (χ0) is 24.1. The Bertz CT molecular complexity index is 581. The Morgan fingerprint density at radius 2 is 1.91 bits per heavy atom. The highest BCUT2D eigenvalue weighted by Gasteiger charge is 2.29. The molecule has 2 rings (SSSR count). The van der Waals surface area contributed by atoms with E-state index < -0.39 is 0 Å². The van der Waals surface area contributed by atoms with Crippen LogP contribution in [0.3, 0.4) is 0 Å². The maximum absolute atomic E-state index is 9.23. The fourth-order valence-corrected chi connectivity index (χ4v) is 5.17. The van der Waals surface area contributed by atoms with Crippen molar-refractivity contribution in [2.45, 2.75) is 102 Å². The minimum absolute atomic E-state index is 0.137. The predicted octanol–water partition coefficient (Wildman–Crippen LogP) is 3.25. The summed E-state index contributed by atoms with van der Waals surface area (Å²) in [6, 6.07) is 0.723. The van der Waals surface area contributed by atoms with E-state index in [1.165, 1.54) is 37.8 Å². The van der Waals surface area contributed by atoms with E-state index in [1.54, 1.807) is 5.57 Å². The number of allylic oxidation sites excluding steroid dienone is 2. The molecule has 3 atom stereocenters. The van der Waals surface area contributed by atoms with Gasteiger partial charge in [-0.3, -0.25) is 15.2 Å². The SMILES string of the molecule is CCC(N=CC(C(C)NCN(C)CCO)C(NC)NC1CCC(OC)CC1)=C1CCCCC1. The first-order valence-corrected chi connectivity index (χ1v) is 13.3. The van der Waals surface area contributed by atoms with Crippen LogP contribution >= 0.6 is 0 Å². The van der Waals surface area contributed by atoms with Gasteiger partial charge in [-0.15, -0.1) is 0 Å². The van der Waals surface area contributed by atoms with Gasteiger partial charge in [0, 0.05) is 50.2 Å². The van der Waals surface area contributed by atoms with Crippen LogP contribution in [0.25, 0.3) is 0 Å². The maximum atomic E-state index is 9.23. The van der Waals surface area contributed by atoms with E-state index in [-0.39, 0.29) is 24.7 Å². The minimum Gasteiger partial charge on any atom is -0.395 e. The van der Waals surface area contributed by atoms with Gasteiger partial charge in [0.15, 0.2) is 0 Å². The molecule has 0 radical (unpaired) electrons. The van der Waals surface area contributed by atoms with Crippen molar-refractivity contribution in [3.63, 3.8) is 0 Å². The summed E-state index contributed by atoms with van der Waals surface area (Å²) in [6.45, 7) is 6.06. The van der Waals surface area contributed by atoms with Crippen LogP contribution in [0.2, 0.25) is 0 Å². The van der Waals surface area contributed by atoms with Crippen molar-refractivity contribution in [1.29, 1.82) is 0 Å². The summed E-state index contributed by atoms with van der Waals surface area (Å²) in [5.41, 5.74) is 2.86. The third kappa shape index (κ3) is 9.74. The summed E-state index contributed by atoms with van der Waals surface area (Å²) in [7, 11) is 5.91. The second-order valence-electron chi connectivity index (χ2n) is 9.92. The molecule has 0 aromatic rings. The maximum Gasteiger partial charge on any atom is 0.0666 e. The predicted molar refractivity (Wildman–Crippen MR) is 139 cm³/mol. The van der Waals surface area contributed by atoms with E-state index in [0.29, 0.717) is 18.7 Å². The molecule has 0 bridgehead atoms. The largest absolute Gasteiger partial charge is 0.395 e. The summed E-state index contributed by atoms with van der Waals surface area (Å²) < 4.78 is 5.56. The Morgan fingerprint density at radius 3 is 2.48 bits per heavy atom. The van der Waals surface area contributed by atoms with Gasteiger partial charge in [-0.25, -0.2) is 0 Å². The third-order valence-corrected chi connectivity index (χ3v) is 7.46. The Kier molecular flexibility index (Phi) is 13.7. The normalized spacial score (nSPS) is 24.9. The van der Waals surface area contributed by atoms with Crippen LogP contribution in [0.15, 0.2) is 16.3 Å². The van der Waals surface area contributed by atoms with Gasteiger partial charge in [-0.2, -0.15) is 0 Å². The molecule has 0 amide bonds. The molecule has 7 heteroatoms. The van der Waals surface area contributed by atoms with Crippen molar-refractivity contribution in [3.05, 3.63) is 11.3 Å². The van der Waals surface area contributed by atoms with Gasteiger partial charge >= 0.3 is 0 Å². The lowest BCUT2D eigenvalue weighted by Crippen LogP contribution is -2.57. The van der Waals surface area contributed by atoms with Gasteiger partial charge in [-0.1, -0.05) is 13.3 Å². The average Bonchev–Trinajstić information content (AvgIpc) is 2.85. The minimum atomic E-state index is 0.137. The van der Waals surface area contributed by atoms with Crippen molar-refractivity contribution in [3.8, 4) is 0 Å². The smallest absolute Gasteiger partial charge is 0.0666 e. The van der Waals surface area contributed by atoms with Crippen LogP contribution < -0.4 is 16.0 Å². The van der Waals surface area contributed by atoms with Crippen molar-refractivity contribution >= 4 is 6.21 Å². The second kappa shape index (κ2) is 16.0. The van der Waals surface area contributed by atoms with Crippen molar-refractivity contribution in [1.82, 2.24) is 20.9 Å². The van der Waals surface area contributed by atoms with E-state index in [1.807, 2.05) is 21.2 Å². The number of aliphatic hydroxyl groups excluding tert-OH is 1. The number of nitrogens with one attached hydrogen (secondary N) is 3. The highest BCUT2D eigenvalue weighted by Crippen LogP contribution is 2.28. The molecule has 4 N–H and O–H groups in total. The molecule has 0 saturated heterocycles. The highest BCUT2D eigenvalue weighted by molar-refractivity contribution is 5.64. The molecular weight excluding hydrogens is 414 g/mol. The summed E-state index contributed by atoms with van der Waals surface area (Å²) in [4.78, 5) is 7.21. The Balaban J connectivity index is 2.13. The van der Waals surface area contributed by atoms with Crippen LogP contribution in [-0.4, -0.2) is 81.6 Å². The van der Waals surface area contributed by atoms with Gasteiger partial charge < -0.3 is 20.5 Å². The van der Waals surface area contributed by atoms with Crippen LogP contribution in [0.5, 0.6) is 0 Å². The molecule has 0 aromatic carbocycles. The lowest BCUT2D eigenvalue weighted by atomic mass is 9.91. The number of rotatable bonds is 14. The molecule has 2 saturated carbocycles. The number of hydrogen-bond donors (Lipinski definition) is 4. The molecule has 3 unspecified atom stereocenters. The standard InChI is InChI=1S/C26H51N5O2/c1-6-25(21-10-8-7-9-11-21)28-18-24(20(2)29-19-31(4)16-17-32)26(27-3)30-22-12-14-23(33-5)15-13-22/h18,20,22-24,26-27,29-30,32H,6-17,19H2,1-5H3. The van der Waals surface area contributed by atoms with Crippen molar-refractivity contribution in [2.24, 2.45) is 10.9 Å². The molecule has 7 nitrogen and oxygen atoms in total. The van der Waals surface area contributed by atoms with Crippen molar-refractivity contribution < 1.29 is 9.84 Å². The zero-order valence-corrected chi connectivity index (χ0v) is 21.9. The van der Waals surface area contributed by atoms with Gasteiger partial charge in [0.05, 0.1) is 18.9 Å². The number of likely N-dealkylation sites (N-methyl/N-ethyl adjacent to an activating group) is 1. The molecule has 0 spiro atoms. The molecule has 2 fully saturated rings. The topological polar surface area (TPSA) is 81.2 Å². The van der Waals surface area contributed by atoms with E-state index in [9.17, 15) is 5.11 Å². The Hall–Kier alpha value is -0.830. The number of methoxy groups -OCH3 is 1. The van der Waals surface area contributed by atoms with E-state index in [0.717, 1.165) is 38.8 Å². The van der Waals surface area contributed by atoms with Crippen molar-refractivity contribution in [2.75, 3.05) is 41.0 Å². The van der Waals surface area contributed by atoms with E-state index in [4.69, 9.17) is 9.73 Å². The number of aliphatic imine (C=N–C) groups is 1. The monoisotopic (exact) mass is 465 g/mol. The number of ether oxygens (including phenoxy) is 1. The lowest BCUT2D eigenvalue weighted by molar-refractivity contribution is 0.0595. The summed E-state index contributed by atoms with van der Waals surface area (Å²) >= 11 is 0. The van der Waals surface area contributed by atoms with Gasteiger partial charge in [0.25, 0.3) is 0 Å². The Morgan fingerprint density at radius 1 is 1.21 bits per heavy atom. The fourth-order valence-electron chi connectivity index (χ4n) is 5.17. The molecule has 192 valence electrons. The molecule has 33 heavy (non-hydrogen) atoms. The molecule has 0 aromatic heterocycles. The van der Waals surface area contributed by atoms with E-state index >= 15 is 0 Å². The lowest BCUT2D eigenvalue weighted by Gasteiger charge is -2.36. The average molecular weight is 466 g/mol. The third-order valence-electron chi connectivity index (χ3n) is 7.46. The number of hydrogen-bond acceptors (Lipinski definition) is 7. The van der Waals surface area contributed by atoms with Crippen LogP contribution in [-0.2, 0) is 4.74 Å². The molecule has 0 heterocycles. The summed E-state index contributed by atoms with van der Waals surface area (Å²) in [6.07, 6.45) is 14.6. The van der Waals surface area contributed by atoms with Crippen LogP contribution in [0.1, 0.15) is 78.1 Å². The fraction of sp³-hybridized carbons (Fsp3) is 0.885. The summed E-state index contributed by atoms with van der Waals surface area (Å²) in [5, 5.41) is 20.3. The van der Waals surface area contributed by atoms with Gasteiger partial charge in [0.2, 0.25) is 0 Å².